The number of rotatable bonds is 3. The summed E-state index contributed by atoms with van der Waals surface area (Å²) in [7, 11) is 0. The maximum atomic E-state index is 14.0. The number of nitrogens with zero attached hydrogens (tertiary/aromatic N) is 2. The molecule has 1 aliphatic rings. The number of likely N-dealkylation sites (tertiary alicyclic amines) is 1. The largest absolute Gasteiger partial charge is 0.298 e. The molecule has 24 heavy (non-hydrogen) atoms. The van der Waals surface area contributed by atoms with Crippen LogP contribution >= 0.6 is 0 Å². The van der Waals surface area contributed by atoms with E-state index in [4.69, 9.17) is 0 Å². The van der Waals surface area contributed by atoms with Gasteiger partial charge in [-0.25, -0.2) is 8.78 Å². The van der Waals surface area contributed by atoms with Crippen molar-refractivity contribution in [2.45, 2.75) is 19.4 Å². The third-order valence-corrected chi connectivity index (χ3v) is 4.37. The molecule has 0 aromatic heterocycles. The Balaban J connectivity index is 1.74. The molecule has 0 N–H and O–H groups in total. The lowest BCUT2D eigenvalue weighted by molar-refractivity contribution is 0.248. The monoisotopic (exact) mass is 324 g/mol. The smallest absolute Gasteiger partial charge is 0.134 e. The first-order valence-electron chi connectivity index (χ1n) is 8.01. The predicted octanol–water partition coefficient (Wildman–Crippen LogP) is 4.54. The van der Waals surface area contributed by atoms with Crippen LogP contribution in [0.1, 0.15) is 24.0 Å². The molecule has 2 aromatic rings. The number of hydrogen-bond donors (Lipinski definition) is 0. The maximum Gasteiger partial charge on any atom is 0.134 e. The molecule has 0 radical (unpaired) electrons. The minimum atomic E-state index is -0.675. The van der Waals surface area contributed by atoms with Crippen molar-refractivity contribution in [2.24, 2.45) is 0 Å². The number of benzene rings is 2. The molecular weight excluding hydrogens is 306 g/mol. The van der Waals surface area contributed by atoms with E-state index >= 15 is 0 Å². The highest BCUT2D eigenvalue weighted by Gasteiger charge is 2.20. The van der Waals surface area contributed by atoms with Gasteiger partial charge >= 0.3 is 0 Å². The predicted molar refractivity (Wildman–Crippen MR) is 89.8 cm³/mol. The van der Waals surface area contributed by atoms with Crippen LogP contribution in [-0.2, 0) is 6.54 Å². The van der Waals surface area contributed by atoms with E-state index in [1.807, 2.05) is 18.2 Å². The fourth-order valence-electron chi connectivity index (χ4n) is 3.09. The highest BCUT2D eigenvalue weighted by atomic mass is 19.1. The fourth-order valence-corrected chi connectivity index (χ4v) is 3.09. The van der Waals surface area contributed by atoms with E-state index in [1.165, 1.54) is 17.7 Å². The van der Waals surface area contributed by atoms with Crippen LogP contribution < -0.4 is 0 Å². The van der Waals surface area contributed by atoms with Crippen LogP contribution in [0.25, 0.3) is 5.57 Å². The molecule has 0 unspecified atom stereocenters. The van der Waals surface area contributed by atoms with Crippen LogP contribution in [0.15, 0.2) is 54.1 Å². The van der Waals surface area contributed by atoms with Gasteiger partial charge < -0.3 is 0 Å². The first-order valence-corrected chi connectivity index (χ1v) is 8.01. The lowest BCUT2D eigenvalue weighted by atomic mass is 9.93. The Hall–Kier alpha value is -2.51. The number of piperidine rings is 1. The van der Waals surface area contributed by atoms with Gasteiger partial charge in [0.25, 0.3) is 0 Å². The Morgan fingerprint density at radius 3 is 2.38 bits per heavy atom. The first-order chi connectivity index (χ1) is 11.7. The zero-order valence-electron chi connectivity index (χ0n) is 13.3. The van der Waals surface area contributed by atoms with Crippen molar-refractivity contribution in [3.05, 3.63) is 76.9 Å². The van der Waals surface area contributed by atoms with Gasteiger partial charge in [-0.05, 0) is 36.1 Å². The molecule has 3 rings (SSSR count). The molecule has 1 saturated heterocycles. The number of hydrogen-bond acceptors (Lipinski definition) is 2. The van der Waals surface area contributed by atoms with Crippen LogP contribution in [0.2, 0.25) is 0 Å². The summed E-state index contributed by atoms with van der Waals surface area (Å²) in [6.07, 6.45) is 1.46. The Morgan fingerprint density at radius 1 is 1.04 bits per heavy atom. The van der Waals surface area contributed by atoms with E-state index < -0.39 is 11.6 Å². The van der Waals surface area contributed by atoms with Gasteiger partial charge in [-0.2, -0.15) is 5.26 Å². The van der Waals surface area contributed by atoms with Gasteiger partial charge in [0.15, 0.2) is 0 Å². The molecule has 2 nitrogen and oxygen atoms in total. The second-order valence-electron chi connectivity index (χ2n) is 5.98. The molecule has 2 aromatic carbocycles. The van der Waals surface area contributed by atoms with Crippen LogP contribution in [0.3, 0.4) is 0 Å². The van der Waals surface area contributed by atoms with E-state index in [0.717, 1.165) is 44.1 Å². The maximum absolute atomic E-state index is 14.0. The summed E-state index contributed by atoms with van der Waals surface area (Å²) in [4.78, 5) is 2.33. The number of nitriles is 1. The minimum Gasteiger partial charge on any atom is -0.298 e. The molecule has 0 atom stereocenters. The van der Waals surface area contributed by atoms with Crippen LogP contribution in [0.5, 0.6) is 0 Å². The summed E-state index contributed by atoms with van der Waals surface area (Å²) in [5.74, 6) is -1.30. The van der Waals surface area contributed by atoms with Gasteiger partial charge in [-0.3, -0.25) is 4.90 Å². The molecular formula is C20H18F2N2. The Morgan fingerprint density at radius 2 is 1.75 bits per heavy atom. The molecule has 122 valence electrons. The van der Waals surface area contributed by atoms with Gasteiger partial charge in [-0.1, -0.05) is 30.3 Å². The summed E-state index contributed by atoms with van der Waals surface area (Å²) < 4.78 is 27.0. The third kappa shape index (κ3) is 3.69. The normalized spacial score (nSPS) is 15.1. The average Bonchev–Trinajstić information content (AvgIpc) is 2.60. The van der Waals surface area contributed by atoms with Gasteiger partial charge in [0.1, 0.15) is 11.6 Å². The van der Waals surface area contributed by atoms with E-state index in [9.17, 15) is 14.0 Å². The highest BCUT2D eigenvalue weighted by Crippen LogP contribution is 2.28. The summed E-state index contributed by atoms with van der Waals surface area (Å²) in [5.41, 5.74) is 2.76. The lowest BCUT2D eigenvalue weighted by Crippen LogP contribution is -2.30. The lowest BCUT2D eigenvalue weighted by Gasteiger charge is -2.29. The Kier molecular flexibility index (Phi) is 5.02. The first kappa shape index (κ1) is 16.4. The van der Waals surface area contributed by atoms with Gasteiger partial charge in [0, 0.05) is 31.3 Å². The quantitative estimate of drug-likeness (QED) is 0.775. The van der Waals surface area contributed by atoms with Crippen molar-refractivity contribution >= 4 is 5.57 Å². The number of halogens is 2. The molecule has 0 bridgehead atoms. The molecule has 4 heteroatoms. The van der Waals surface area contributed by atoms with Crippen molar-refractivity contribution in [1.82, 2.24) is 4.90 Å². The second-order valence-corrected chi connectivity index (χ2v) is 5.98. The highest BCUT2D eigenvalue weighted by molar-refractivity contribution is 5.79. The Labute approximate surface area is 140 Å². The van der Waals surface area contributed by atoms with Crippen molar-refractivity contribution in [1.29, 1.82) is 5.26 Å². The standard InChI is InChI=1S/C20H18F2N2/c21-17-6-7-18(20(22)12-17)19(13-23)16-8-10-24(11-9-16)14-15-4-2-1-3-5-15/h1-7,12H,8-11,14H2. The van der Waals surface area contributed by atoms with Gasteiger partial charge in [0.05, 0.1) is 11.6 Å². The second kappa shape index (κ2) is 7.37. The zero-order chi connectivity index (χ0) is 16.9. The zero-order valence-corrected chi connectivity index (χ0v) is 13.3. The van der Waals surface area contributed by atoms with Gasteiger partial charge in [-0.15, -0.1) is 0 Å². The Bertz CT molecular complexity index is 781. The summed E-state index contributed by atoms with van der Waals surface area (Å²) >= 11 is 0. The molecule has 1 heterocycles. The molecule has 1 aliphatic heterocycles. The molecule has 0 aliphatic carbocycles. The topological polar surface area (TPSA) is 27.0 Å². The van der Waals surface area contributed by atoms with E-state index in [0.29, 0.717) is 5.57 Å². The molecule has 1 fully saturated rings. The van der Waals surface area contributed by atoms with Crippen LogP contribution in [-0.4, -0.2) is 18.0 Å². The van der Waals surface area contributed by atoms with Gasteiger partial charge in [0.2, 0.25) is 0 Å². The summed E-state index contributed by atoms with van der Waals surface area (Å²) in [6.45, 7) is 2.54. The summed E-state index contributed by atoms with van der Waals surface area (Å²) in [6, 6.07) is 15.7. The molecule has 0 spiro atoms. The fraction of sp³-hybridized carbons (Fsp3) is 0.250. The van der Waals surface area contributed by atoms with E-state index in [2.05, 4.69) is 23.1 Å². The average molecular weight is 324 g/mol. The van der Waals surface area contributed by atoms with Crippen molar-refractivity contribution in [2.75, 3.05) is 13.1 Å². The van der Waals surface area contributed by atoms with Crippen molar-refractivity contribution < 1.29 is 8.78 Å². The summed E-state index contributed by atoms with van der Waals surface area (Å²) in [5, 5.41) is 9.44. The van der Waals surface area contributed by atoms with Crippen molar-refractivity contribution in [3.8, 4) is 6.07 Å². The van der Waals surface area contributed by atoms with Crippen LogP contribution in [0.4, 0.5) is 8.78 Å². The molecule has 0 saturated carbocycles. The van der Waals surface area contributed by atoms with E-state index in [-0.39, 0.29) is 5.56 Å². The molecule has 0 amide bonds. The third-order valence-electron chi connectivity index (χ3n) is 4.37. The number of allylic oxidation sites excluding steroid dienone is 1. The van der Waals surface area contributed by atoms with Crippen molar-refractivity contribution in [3.63, 3.8) is 0 Å². The van der Waals surface area contributed by atoms with Crippen LogP contribution in [0, 0.1) is 23.0 Å². The van der Waals surface area contributed by atoms with E-state index in [1.54, 1.807) is 0 Å². The minimum absolute atomic E-state index is 0.199. The SMILES string of the molecule is N#CC(=C1CCN(Cc2ccccc2)CC1)c1ccc(F)cc1F.